The third-order valence-electron chi connectivity index (χ3n) is 4.85. The van der Waals surface area contributed by atoms with Crippen LogP contribution in [-0.4, -0.2) is 29.9 Å². The summed E-state index contributed by atoms with van der Waals surface area (Å²) in [4.78, 5) is 37.6. The van der Waals surface area contributed by atoms with E-state index < -0.39 is 17.9 Å². The first-order valence-electron chi connectivity index (χ1n) is 9.92. The van der Waals surface area contributed by atoms with Crippen LogP contribution in [0.5, 0.6) is 5.75 Å². The average Bonchev–Trinajstić information content (AvgIpc) is 3.39. The molecule has 0 atom stereocenters. The van der Waals surface area contributed by atoms with Gasteiger partial charge in [0.25, 0.3) is 5.91 Å². The Morgan fingerprint density at radius 1 is 1.12 bits per heavy atom. The number of amides is 3. The minimum Gasteiger partial charge on any atom is -0.489 e. The third-order valence-corrected chi connectivity index (χ3v) is 5.21. The number of rotatable bonds is 7. The molecule has 33 heavy (non-hydrogen) atoms. The molecule has 1 aliphatic heterocycles. The van der Waals surface area contributed by atoms with Crippen LogP contribution in [0.1, 0.15) is 27.4 Å². The summed E-state index contributed by atoms with van der Waals surface area (Å²) in [5.41, 5.74) is 1.64. The van der Waals surface area contributed by atoms with Crippen molar-refractivity contribution in [3.63, 3.8) is 0 Å². The molecule has 0 spiro atoms. The standard InChI is InChI=1S/C24H19ClN2O6/c1-31-23(29)21-10-9-18(33-21)13-27-22(28)20(26-24(27)30)12-15-5-4-7-17(11-15)32-14-16-6-2-3-8-19(16)25/h2-12H,13-14H2,1H3,(H,26,30). The van der Waals surface area contributed by atoms with E-state index in [0.29, 0.717) is 22.9 Å². The van der Waals surface area contributed by atoms with Crippen LogP contribution in [0.2, 0.25) is 5.02 Å². The van der Waals surface area contributed by atoms with Gasteiger partial charge in [-0.3, -0.25) is 9.69 Å². The molecule has 1 fully saturated rings. The highest BCUT2D eigenvalue weighted by atomic mass is 35.5. The summed E-state index contributed by atoms with van der Waals surface area (Å²) in [5, 5.41) is 3.17. The van der Waals surface area contributed by atoms with Crippen LogP contribution in [0.4, 0.5) is 4.79 Å². The molecule has 2 aromatic carbocycles. The maximum Gasteiger partial charge on any atom is 0.373 e. The molecule has 1 saturated heterocycles. The van der Waals surface area contributed by atoms with E-state index in [1.165, 1.54) is 19.2 Å². The zero-order valence-corrected chi connectivity index (χ0v) is 18.3. The highest BCUT2D eigenvalue weighted by Gasteiger charge is 2.34. The highest BCUT2D eigenvalue weighted by Crippen LogP contribution is 2.22. The Hall–Kier alpha value is -4.04. The van der Waals surface area contributed by atoms with E-state index in [0.717, 1.165) is 10.5 Å². The summed E-state index contributed by atoms with van der Waals surface area (Å²) in [6.07, 6.45) is 1.56. The van der Waals surface area contributed by atoms with Crippen LogP contribution in [0.15, 0.2) is 70.8 Å². The summed E-state index contributed by atoms with van der Waals surface area (Å²) in [6.45, 7) is 0.167. The van der Waals surface area contributed by atoms with Gasteiger partial charge in [0.15, 0.2) is 0 Å². The maximum atomic E-state index is 12.7. The Balaban J connectivity index is 1.45. The Morgan fingerprint density at radius 2 is 1.94 bits per heavy atom. The lowest BCUT2D eigenvalue weighted by Gasteiger charge is -2.09. The number of hydrogen-bond donors (Lipinski definition) is 1. The predicted octanol–water partition coefficient (Wildman–Crippen LogP) is 4.39. The first-order valence-corrected chi connectivity index (χ1v) is 10.3. The molecule has 0 unspecified atom stereocenters. The maximum absolute atomic E-state index is 12.7. The number of imide groups is 1. The molecule has 0 aliphatic carbocycles. The molecule has 2 heterocycles. The molecular formula is C24H19ClN2O6. The number of nitrogens with zero attached hydrogens (tertiary/aromatic N) is 1. The van der Waals surface area contributed by atoms with Gasteiger partial charge in [0.2, 0.25) is 5.76 Å². The molecule has 0 bridgehead atoms. The summed E-state index contributed by atoms with van der Waals surface area (Å²) >= 11 is 6.16. The van der Waals surface area contributed by atoms with Gasteiger partial charge in [0.05, 0.1) is 13.7 Å². The molecule has 1 N–H and O–H groups in total. The van der Waals surface area contributed by atoms with E-state index in [4.69, 9.17) is 20.8 Å². The fourth-order valence-corrected chi connectivity index (χ4v) is 3.37. The van der Waals surface area contributed by atoms with E-state index >= 15 is 0 Å². The van der Waals surface area contributed by atoms with Gasteiger partial charge in [-0.15, -0.1) is 0 Å². The molecule has 9 heteroatoms. The quantitative estimate of drug-likeness (QED) is 0.315. The van der Waals surface area contributed by atoms with Crippen LogP contribution in [0, 0.1) is 0 Å². The Morgan fingerprint density at radius 3 is 2.73 bits per heavy atom. The van der Waals surface area contributed by atoms with E-state index in [2.05, 4.69) is 10.1 Å². The van der Waals surface area contributed by atoms with Gasteiger partial charge >= 0.3 is 12.0 Å². The summed E-state index contributed by atoms with van der Waals surface area (Å²) in [7, 11) is 1.23. The lowest BCUT2D eigenvalue weighted by atomic mass is 10.1. The van der Waals surface area contributed by atoms with Crippen LogP contribution >= 0.6 is 11.6 Å². The number of hydrogen-bond acceptors (Lipinski definition) is 6. The van der Waals surface area contributed by atoms with Gasteiger partial charge in [-0.25, -0.2) is 9.59 Å². The molecule has 1 aromatic heterocycles. The van der Waals surface area contributed by atoms with Gasteiger partial charge in [-0.1, -0.05) is 41.9 Å². The molecule has 4 rings (SSSR count). The SMILES string of the molecule is COC(=O)c1ccc(CN2C(=O)NC(=Cc3cccc(OCc4ccccc4Cl)c3)C2=O)o1. The number of ether oxygens (including phenoxy) is 2. The topological polar surface area (TPSA) is 98.1 Å². The molecule has 8 nitrogen and oxygen atoms in total. The van der Waals surface area contributed by atoms with Crippen LogP contribution in [-0.2, 0) is 22.7 Å². The van der Waals surface area contributed by atoms with Crippen molar-refractivity contribution in [3.8, 4) is 5.75 Å². The number of esters is 1. The predicted molar refractivity (Wildman–Crippen MR) is 119 cm³/mol. The second-order valence-electron chi connectivity index (χ2n) is 7.09. The number of carbonyl (C=O) groups excluding carboxylic acids is 3. The number of urea groups is 1. The van der Waals surface area contributed by atoms with Crippen molar-refractivity contribution in [1.29, 1.82) is 0 Å². The van der Waals surface area contributed by atoms with Crippen molar-refractivity contribution in [2.24, 2.45) is 0 Å². The zero-order chi connectivity index (χ0) is 23.4. The molecule has 1 aliphatic rings. The van der Waals surface area contributed by atoms with Crippen LogP contribution in [0.3, 0.4) is 0 Å². The highest BCUT2D eigenvalue weighted by molar-refractivity contribution is 6.31. The van der Waals surface area contributed by atoms with E-state index in [-0.39, 0.29) is 23.8 Å². The number of nitrogens with one attached hydrogen (secondary N) is 1. The van der Waals surface area contributed by atoms with Gasteiger partial charge in [-0.2, -0.15) is 0 Å². The minimum absolute atomic E-state index is 0.0103. The molecular weight excluding hydrogens is 448 g/mol. The first-order chi connectivity index (χ1) is 15.9. The molecule has 168 valence electrons. The number of carbonyl (C=O) groups is 3. The van der Waals surface area contributed by atoms with E-state index in [1.54, 1.807) is 36.4 Å². The minimum atomic E-state index is -0.643. The second-order valence-corrected chi connectivity index (χ2v) is 7.50. The van der Waals surface area contributed by atoms with Crippen molar-refractivity contribution in [1.82, 2.24) is 10.2 Å². The molecule has 3 aromatic rings. The zero-order valence-electron chi connectivity index (χ0n) is 17.5. The third kappa shape index (κ3) is 5.07. The smallest absolute Gasteiger partial charge is 0.373 e. The van der Waals surface area contributed by atoms with Crippen molar-refractivity contribution in [3.05, 3.63) is 94.0 Å². The van der Waals surface area contributed by atoms with Crippen LogP contribution in [0.25, 0.3) is 6.08 Å². The lowest BCUT2D eigenvalue weighted by molar-refractivity contribution is -0.123. The van der Waals surface area contributed by atoms with Crippen molar-refractivity contribution in [2.45, 2.75) is 13.2 Å². The van der Waals surface area contributed by atoms with E-state index in [1.807, 2.05) is 18.2 Å². The Kier molecular flexibility index (Phi) is 6.46. The molecule has 0 saturated carbocycles. The molecule has 3 amide bonds. The van der Waals surface area contributed by atoms with Crippen molar-refractivity contribution < 1.29 is 28.3 Å². The van der Waals surface area contributed by atoms with Crippen molar-refractivity contribution >= 4 is 35.6 Å². The van der Waals surface area contributed by atoms with Gasteiger partial charge in [0, 0.05) is 10.6 Å². The summed E-state index contributed by atoms with van der Waals surface area (Å²) in [6, 6.07) is 16.8. The van der Waals surface area contributed by atoms with Gasteiger partial charge < -0.3 is 19.2 Å². The Labute approximate surface area is 194 Å². The van der Waals surface area contributed by atoms with Gasteiger partial charge in [0.1, 0.15) is 23.8 Å². The van der Waals surface area contributed by atoms with Gasteiger partial charge in [-0.05, 0) is 42.0 Å². The normalized spacial score (nSPS) is 14.5. The molecule has 0 radical (unpaired) electrons. The van der Waals surface area contributed by atoms with Crippen molar-refractivity contribution in [2.75, 3.05) is 7.11 Å². The number of halogens is 1. The Bertz CT molecular complexity index is 1250. The fourth-order valence-electron chi connectivity index (χ4n) is 3.18. The first kappa shape index (κ1) is 22.2. The van der Waals surface area contributed by atoms with Crippen LogP contribution < -0.4 is 10.1 Å². The fraction of sp³-hybridized carbons (Fsp3) is 0.125. The summed E-state index contributed by atoms with van der Waals surface area (Å²) < 4.78 is 15.7. The lowest BCUT2D eigenvalue weighted by Crippen LogP contribution is -2.30. The number of benzene rings is 2. The number of furan rings is 1. The average molecular weight is 467 g/mol. The monoisotopic (exact) mass is 466 g/mol. The second kappa shape index (κ2) is 9.62. The number of methoxy groups -OCH3 is 1. The summed E-state index contributed by atoms with van der Waals surface area (Å²) in [5.74, 6) is -0.308. The largest absolute Gasteiger partial charge is 0.489 e. The van der Waals surface area contributed by atoms with E-state index in [9.17, 15) is 14.4 Å².